The number of carbonyl (C=O) groups excluding carboxylic acids is 1. The summed E-state index contributed by atoms with van der Waals surface area (Å²) in [6.45, 7) is 4.20. The Morgan fingerprint density at radius 2 is 1.84 bits per heavy atom. The first kappa shape index (κ1) is 20.0. The Morgan fingerprint density at radius 1 is 1.03 bits per heavy atom. The third-order valence-electron chi connectivity index (χ3n) is 8.33. The molecule has 2 aromatic carbocycles. The number of rotatable bonds is 4. The number of aryl methyl sites for hydroxylation is 1. The highest BCUT2D eigenvalue weighted by Crippen LogP contribution is 2.47. The topological polar surface area (TPSA) is 41.4 Å². The van der Waals surface area contributed by atoms with Gasteiger partial charge in [-0.1, -0.05) is 18.6 Å². The largest absolute Gasteiger partial charge is 0.337 e. The van der Waals surface area contributed by atoms with Gasteiger partial charge in [0.2, 0.25) is 0 Å². The number of carbonyl (C=O) groups is 1. The normalized spacial score (nSPS) is 27.4. The molecule has 2 aliphatic carbocycles. The first-order valence-corrected chi connectivity index (χ1v) is 12.1. The number of nitrogens with zero attached hydrogens (tertiary/aromatic N) is 4. The molecule has 2 saturated carbocycles. The van der Waals surface area contributed by atoms with Crippen molar-refractivity contribution in [2.24, 2.45) is 11.8 Å². The monoisotopic (exact) mass is 428 g/mol. The van der Waals surface area contributed by atoms with Crippen molar-refractivity contribution in [3.63, 3.8) is 0 Å². The lowest BCUT2D eigenvalue weighted by atomic mass is 9.94. The molecule has 0 N–H and O–H groups in total. The van der Waals surface area contributed by atoms with Crippen LogP contribution in [0.15, 0.2) is 48.5 Å². The lowest BCUT2D eigenvalue weighted by molar-refractivity contribution is 0.0724. The molecule has 0 radical (unpaired) electrons. The van der Waals surface area contributed by atoms with Crippen molar-refractivity contribution in [1.82, 2.24) is 19.4 Å². The Hall–Kier alpha value is -2.66. The fourth-order valence-corrected chi connectivity index (χ4v) is 6.64. The number of imidazole rings is 1. The number of likely N-dealkylation sites (tertiary alicyclic amines) is 1. The summed E-state index contributed by atoms with van der Waals surface area (Å²) in [5.74, 6) is 2.96. The number of aromatic nitrogens is 2. The fraction of sp³-hybridized carbons (Fsp3) is 0.481. The van der Waals surface area contributed by atoms with Gasteiger partial charge in [0.15, 0.2) is 0 Å². The number of para-hydroxylation sites is 2. The van der Waals surface area contributed by atoms with Gasteiger partial charge in [0.05, 0.1) is 11.0 Å². The Morgan fingerprint density at radius 3 is 2.59 bits per heavy atom. The maximum absolute atomic E-state index is 13.3. The van der Waals surface area contributed by atoms with Crippen molar-refractivity contribution < 1.29 is 4.79 Å². The molecule has 3 unspecified atom stereocenters. The van der Waals surface area contributed by atoms with Crippen LogP contribution in [0.4, 0.5) is 0 Å². The maximum atomic E-state index is 13.3. The number of fused-ring (bicyclic) bond motifs is 3. The van der Waals surface area contributed by atoms with Crippen molar-refractivity contribution in [2.75, 3.05) is 20.1 Å². The maximum Gasteiger partial charge on any atom is 0.253 e. The Bertz CT molecular complexity index is 1150. The number of likely N-dealkylation sites (N-methyl/N-ethyl adjacent to an activating group) is 1. The molecule has 6 rings (SSSR count). The zero-order chi connectivity index (χ0) is 21.8. The molecule has 1 aliphatic heterocycles. The van der Waals surface area contributed by atoms with Gasteiger partial charge in [0.25, 0.3) is 5.91 Å². The molecule has 2 bridgehead atoms. The van der Waals surface area contributed by atoms with Gasteiger partial charge in [-0.2, -0.15) is 0 Å². The van der Waals surface area contributed by atoms with Crippen molar-refractivity contribution >= 4 is 16.9 Å². The van der Waals surface area contributed by atoms with Crippen LogP contribution in [-0.4, -0.2) is 57.5 Å². The zero-order valence-corrected chi connectivity index (χ0v) is 19.1. The summed E-state index contributed by atoms with van der Waals surface area (Å²) in [6.07, 6.45) is 6.79. The summed E-state index contributed by atoms with van der Waals surface area (Å²) in [5, 5.41) is 0. The van der Waals surface area contributed by atoms with E-state index >= 15 is 0 Å². The molecular formula is C27H32N4O. The van der Waals surface area contributed by atoms with Crippen LogP contribution in [0.25, 0.3) is 16.7 Å². The second kappa shape index (κ2) is 7.73. The first-order valence-electron chi connectivity index (χ1n) is 12.1. The molecule has 1 amide bonds. The molecular weight excluding hydrogens is 396 g/mol. The minimum atomic E-state index is 0.128. The summed E-state index contributed by atoms with van der Waals surface area (Å²) >= 11 is 0. The minimum absolute atomic E-state index is 0.128. The van der Waals surface area contributed by atoms with Crippen LogP contribution < -0.4 is 0 Å². The quantitative estimate of drug-likeness (QED) is 0.606. The summed E-state index contributed by atoms with van der Waals surface area (Å²) < 4.78 is 2.15. The summed E-state index contributed by atoms with van der Waals surface area (Å²) in [5.41, 5.74) is 3.88. The molecule has 166 valence electrons. The van der Waals surface area contributed by atoms with E-state index in [2.05, 4.69) is 20.5 Å². The van der Waals surface area contributed by atoms with E-state index in [4.69, 9.17) is 0 Å². The lowest BCUT2D eigenvalue weighted by Crippen LogP contribution is -2.42. The van der Waals surface area contributed by atoms with Gasteiger partial charge >= 0.3 is 0 Å². The molecule has 3 fully saturated rings. The predicted molar refractivity (Wildman–Crippen MR) is 127 cm³/mol. The smallest absolute Gasteiger partial charge is 0.253 e. The highest BCUT2D eigenvalue weighted by atomic mass is 16.2. The number of hydrogen-bond donors (Lipinski definition) is 0. The number of amides is 1. The van der Waals surface area contributed by atoms with Crippen LogP contribution in [0, 0.1) is 18.8 Å². The fourth-order valence-electron chi connectivity index (χ4n) is 6.64. The SMILES string of the molecule is Cc1nc2ccccc2n1-c1ccc(C(=O)N(C)[C@@H]2CCN(C3CC4CCC3C4)C2)cc1. The molecule has 0 spiro atoms. The molecule has 32 heavy (non-hydrogen) atoms. The molecule has 1 aromatic heterocycles. The highest BCUT2D eigenvalue weighted by molar-refractivity contribution is 5.94. The van der Waals surface area contributed by atoms with Gasteiger partial charge < -0.3 is 4.90 Å². The van der Waals surface area contributed by atoms with E-state index in [1.807, 2.05) is 61.3 Å². The number of benzene rings is 2. The van der Waals surface area contributed by atoms with Gasteiger partial charge in [0, 0.05) is 43.5 Å². The lowest BCUT2D eigenvalue weighted by Gasteiger charge is -2.32. The average Bonchev–Trinajstić information content (AvgIpc) is 3.61. The third-order valence-corrected chi connectivity index (χ3v) is 8.33. The average molecular weight is 429 g/mol. The van der Waals surface area contributed by atoms with E-state index in [0.717, 1.165) is 65.5 Å². The van der Waals surface area contributed by atoms with Crippen LogP contribution in [0.1, 0.15) is 48.3 Å². The Kier molecular flexibility index (Phi) is 4.83. The van der Waals surface area contributed by atoms with Crippen LogP contribution >= 0.6 is 0 Å². The van der Waals surface area contributed by atoms with Crippen LogP contribution in [0.5, 0.6) is 0 Å². The summed E-state index contributed by atoms with van der Waals surface area (Å²) in [7, 11) is 1.98. The van der Waals surface area contributed by atoms with Crippen LogP contribution in [0.2, 0.25) is 0 Å². The van der Waals surface area contributed by atoms with Gasteiger partial charge in [-0.05, 0) is 80.8 Å². The summed E-state index contributed by atoms with van der Waals surface area (Å²) in [4.78, 5) is 22.6. The van der Waals surface area contributed by atoms with Crippen LogP contribution in [-0.2, 0) is 0 Å². The van der Waals surface area contributed by atoms with E-state index in [1.165, 1.54) is 25.7 Å². The highest BCUT2D eigenvalue weighted by Gasteiger charge is 2.44. The third kappa shape index (κ3) is 3.25. The van der Waals surface area contributed by atoms with E-state index in [0.29, 0.717) is 6.04 Å². The van der Waals surface area contributed by atoms with Crippen molar-refractivity contribution in [3.8, 4) is 5.69 Å². The second-order valence-corrected chi connectivity index (χ2v) is 10.1. The van der Waals surface area contributed by atoms with E-state index in [1.54, 1.807) is 0 Å². The summed E-state index contributed by atoms with van der Waals surface area (Å²) in [6, 6.07) is 17.3. The molecule has 3 aliphatic rings. The predicted octanol–water partition coefficient (Wildman–Crippen LogP) is 4.67. The molecule has 5 nitrogen and oxygen atoms in total. The van der Waals surface area contributed by atoms with Gasteiger partial charge in [0.1, 0.15) is 5.82 Å². The molecule has 1 saturated heterocycles. The van der Waals surface area contributed by atoms with E-state index < -0.39 is 0 Å². The zero-order valence-electron chi connectivity index (χ0n) is 19.1. The van der Waals surface area contributed by atoms with E-state index in [9.17, 15) is 4.79 Å². The van der Waals surface area contributed by atoms with Gasteiger partial charge in [-0.3, -0.25) is 14.3 Å². The van der Waals surface area contributed by atoms with Gasteiger partial charge in [-0.15, -0.1) is 0 Å². The standard InChI is InChI=1S/C27H32N4O/c1-18-28-24-5-3-4-6-25(24)31(18)22-11-9-20(10-12-22)27(32)29(2)23-13-14-30(17-23)26-16-19-7-8-21(26)15-19/h3-6,9-12,19,21,23,26H,7-8,13-17H2,1-2H3/t19?,21?,23-,26?/m1/s1. The molecule has 3 aromatic rings. The molecule has 4 atom stereocenters. The first-order chi connectivity index (χ1) is 15.6. The number of hydrogen-bond acceptors (Lipinski definition) is 3. The van der Waals surface area contributed by atoms with Crippen molar-refractivity contribution in [3.05, 3.63) is 59.9 Å². The van der Waals surface area contributed by atoms with Crippen LogP contribution in [0.3, 0.4) is 0 Å². The second-order valence-electron chi connectivity index (χ2n) is 10.1. The van der Waals surface area contributed by atoms with Crippen molar-refractivity contribution in [1.29, 1.82) is 0 Å². The minimum Gasteiger partial charge on any atom is -0.337 e. The molecule has 5 heteroatoms. The van der Waals surface area contributed by atoms with Crippen molar-refractivity contribution in [2.45, 2.75) is 51.1 Å². The Labute approximate surface area is 190 Å². The molecule has 2 heterocycles. The van der Waals surface area contributed by atoms with Gasteiger partial charge in [-0.25, -0.2) is 4.98 Å². The Balaban J connectivity index is 1.16. The van der Waals surface area contributed by atoms with E-state index in [-0.39, 0.29) is 5.91 Å².